The number of rotatable bonds is 2. The van der Waals surface area contributed by atoms with E-state index < -0.39 is 5.82 Å². The molecule has 7 nitrogen and oxygen atoms in total. The van der Waals surface area contributed by atoms with Crippen molar-refractivity contribution in [2.75, 3.05) is 26.7 Å². The summed E-state index contributed by atoms with van der Waals surface area (Å²) in [5.74, 6) is -0.406. The van der Waals surface area contributed by atoms with E-state index in [9.17, 15) is 14.0 Å². The highest BCUT2D eigenvalue weighted by Gasteiger charge is 2.34. The summed E-state index contributed by atoms with van der Waals surface area (Å²) in [4.78, 5) is 31.3. The maximum Gasteiger partial charge on any atom is 0.410 e. The number of imidazole rings is 1. The Hall–Kier alpha value is -2.35. The highest BCUT2D eigenvalue weighted by molar-refractivity contribution is 5.75. The fourth-order valence-corrected chi connectivity index (χ4v) is 4.54. The van der Waals surface area contributed by atoms with Crippen LogP contribution < -0.4 is 5.69 Å². The van der Waals surface area contributed by atoms with Crippen molar-refractivity contribution in [2.45, 2.75) is 44.3 Å². The van der Waals surface area contributed by atoms with Crippen LogP contribution in [-0.2, 0) is 4.74 Å². The number of piperidine rings is 2. The van der Waals surface area contributed by atoms with Crippen molar-refractivity contribution in [3.8, 4) is 0 Å². The van der Waals surface area contributed by atoms with E-state index in [4.69, 9.17) is 4.74 Å². The van der Waals surface area contributed by atoms with Gasteiger partial charge in [0, 0.05) is 25.7 Å². The molecule has 2 aromatic rings. The van der Waals surface area contributed by atoms with Gasteiger partial charge in [-0.3, -0.25) is 14.4 Å². The van der Waals surface area contributed by atoms with Crippen molar-refractivity contribution in [2.24, 2.45) is 0 Å². The summed E-state index contributed by atoms with van der Waals surface area (Å²) in [6, 6.07) is 4.80. The number of benzene rings is 1. The summed E-state index contributed by atoms with van der Waals surface area (Å²) in [7, 11) is 1.42. The van der Waals surface area contributed by atoms with Crippen molar-refractivity contribution in [3.63, 3.8) is 0 Å². The summed E-state index contributed by atoms with van der Waals surface area (Å²) in [5, 5.41) is 0. The molecule has 2 saturated heterocycles. The number of ether oxygens (including phenoxy) is 1. The second kappa shape index (κ2) is 7.34. The topological polar surface area (TPSA) is 70.6 Å². The van der Waals surface area contributed by atoms with Crippen molar-refractivity contribution < 1.29 is 13.9 Å². The Labute approximate surface area is 156 Å². The summed E-state index contributed by atoms with van der Waals surface area (Å²) >= 11 is 0. The Morgan fingerprint density at radius 2 is 1.96 bits per heavy atom. The van der Waals surface area contributed by atoms with Crippen molar-refractivity contribution in [3.05, 3.63) is 34.5 Å². The number of aromatic nitrogens is 2. The number of amides is 1. The van der Waals surface area contributed by atoms with Crippen LogP contribution in [0.3, 0.4) is 0 Å². The third-order valence-corrected chi connectivity index (χ3v) is 5.87. The molecule has 1 aromatic carbocycles. The van der Waals surface area contributed by atoms with Crippen LogP contribution in [0.1, 0.15) is 38.1 Å². The lowest BCUT2D eigenvalue weighted by Crippen LogP contribution is -2.55. The molecule has 0 radical (unpaired) electrons. The van der Waals surface area contributed by atoms with E-state index in [0.29, 0.717) is 5.52 Å². The molecule has 1 N–H and O–H groups in total. The maximum absolute atomic E-state index is 14.0. The number of fused-ring (bicyclic) bond motifs is 1. The molecule has 2 aliphatic rings. The van der Waals surface area contributed by atoms with Crippen LogP contribution in [0, 0.1) is 5.82 Å². The standard InChI is InChI=1S/C19H25FN4O3/c1-27-19(26)23-10-3-2-7-16(23)22-11-8-13(9-12-22)24-15-6-4-5-14(20)17(15)21-18(24)25/h4-6,13,16H,2-3,7-12H2,1H3,(H,21,25). The number of likely N-dealkylation sites (tertiary alicyclic amines) is 2. The number of carbonyl (C=O) groups excluding carboxylic acids is 1. The average molecular weight is 376 g/mol. The number of hydrogen-bond donors (Lipinski definition) is 1. The van der Waals surface area contributed by atoms with Crippen LogP contribution in [0.5, 0.6) is 0 Å². The molecule has 0 saturated carbocycles. The van der Waals surface area contributed by atoms with Crippen LogP contribution in [0.2, 0.25) is 0 Å². The van der Waals surface area contributed by atoms with Crippen molar-refractivity contribution >= 4 is 17.1 Å². The number of halogens is 1. The Kier molecular flexibility index (Phi) is 4.90. The first kappa shape index (κ1) is 18.0. The van der Waals surface area contributed by atoms with E-state index in [1.165, 1.54) is 13.2 Å². The van der Waals surface area contributed by atoms with Crippen LogP contribution in [0.4, 0.5) is 9.18 Å². The van der Waals surface area contributed by atoms with Gasteiger partial charge < -0.3 is 9.72 Å². The van der Waals surface area contributed by atoms with Crippen LogP contribution in [0.15, 0.2) is 23.0 Å². The van der Waals surface area contributed by atoms with Gasteiger partial charge >= 0.3 is 11.8 Å². The van der Waals surface area contributed by atoms with Gasteiger partial charge in [0.1, 0.15) is 11.3 Å². The largest absolute Gasteiger partial charge is 0.453 e. The fraction of sp³-hybridized carbons (Fsp3) is 0.579. The molecule has 0 bridgehead atoms. The minimum absolute atomic E-state index is 0.0273. The van der Waals surface area contributed by atoms with Gasteiger partial charge in [0.2, 0.25) is 0 Å². The Balaban J connectivity index is 1.51. The predicted octanol–water partition coefficient (Wildman–Crippen LogP) is 2.68. The van der Waals surface area contributed by atoms with Crippen LogP contribution in [0.25, 0.3) is 11.0 Å². The molecule has 146 valence electrons. The van der Waals surface area contributed by atoms with Gasteiger partial charge in [-0.05, 0) is 44.2 Å². The summed E-state index contributed by atoms with van der Waals surface area (Å²) in [6.07, 6.45) is 4.40. The van der Waals surface area contributed by atoms with E-state index in [-0.39, 0.29) is 29.5 Å². The monoisotopic (exact) mass is 376 g/mol. The summed E-state index contributed by atoms with van der Waals surface area (Å²) in [6.45, 7) is 2.30. The molecule has 1 atom stereocenters. The van der Waals surface area contributed by atoms with Gasteiger partial charge in [-0.15, -0.1) is 0 Å². The molecular weight excluding hydrogens is 351 g/mol. The number of H-pyrrole nitrogens is 1. The molecule has 2 aliphatic heterocycles. The second-order valence-corrected chi connectivity index (χ2v) is 7.34. The van der Waals surface area contributed by atoms with Gasteiger partial charge in [-0.1, -0.05) is 6.07 Å². The zero-order chi connectivity index (χ0) is 19.0. The minimum atomic E-state index is -0.406. The number of carbonyl (C=O) groups is 1. The third-order valence-electron chi connectivity index (χ3n) is 5.87. The zero-order valence-corrected chi connectivity index (χ0v) is 15.5. The van der Waals surface area contributed by atoms with E-state index in [0.717, 1.165) is 51.7 Å². The molecule has 1 amide bonds. The van der Waals surface area contributed by atoms with E-state index in [2.05, 4.69) is 9.88 Å². The van der Waals surface area contributed by atoms with E-state index >= 15 is 0 Å². The molecule has 3 heterocycles. The van der Waals surface area contributed by atoms with Gasteiger partial charge in [0.05, 0.1) is 18.8 Å². The summed E-state index contributed by atoms with van der Waals surface area (Å²) in [5.41, 5.74) is 0.629. The molecular formula is C19H25FN4O3. The fourth-order valence-electron chi connectivity index (χ4n) is 4.54. The molecule has 8 heteroatoms. The molecule has 0 spiro atoms. The highest BCUT2D eigenvalue weighted by atomic mass is 19.1. The second-order valence-electron chi connectivity index (χ2n) is 7.34. The Morgan fingerprint density at radius 3 is 2.70 bits per heavy atom. The number of para-hydroxylation sites is 1. The number of hydrogen-bond acceptors (Lipinski definition) is 4. The van der Waals surface area contributed by atoms with Gasteiger partial charge in [0.15, 0.2) is 0 Å². The van der Waals surface area contributed by atoms with Gasteiger partial charge in [-0.2, -0.15) is 0 Å². The zero-order valence-electron chi connectivity index (χ0n) is 15.5. The molecule has 1 aromatic heterocycles. The molecule has 4 rings (SSSR count). The van der Waals surface area contributed by atoms with Crippen LogP contribution in [-0.4, -0.2) is 58.4 Å². The lowest BCUT2D eigenvalue weighted by molar-refractivity contribution is -0.00132. The smallest absolute Gasteiger partial charge is 0.410 e. The first-order valence-electron chi connectivity index (χ1n) is 9.57. The quantitative estimate of drug-likeness (QED) is 0.875. The van der Waals surface area contributed by atoms with Gasteiger partial charge in [0.25, 0.3) is 0 Å². The molecule has 2 fully saturated rings. The molecule has 1 unspecified atom stereocenters. The predicted molar refractivity (Wildman–Crippen MR) is 99.1 cm³/mol. The lowest BCUT2D eigenvalue weighted by Gasteiger charge is -2.44. The van der Waals surface area contributed by atoms with E-state index in [1.54, 1.807) is 16.7 Å². The first-order chi connectivity index (χ1) is 13.1. The van der Waals surface area contributed by atoms with Crippen molar-refractivity contribution in [1.29, 1.82) is 0 Å². The number of nitrogens with zero attached hydrogens (tertiary/aromatic N) is 3. The molecule has 27 heavy (non-hydrogen) atoms. The highest BCUT2D eigenvalue weighted by Crippen LogP contribution is 2.29. The number of nitrogens with one attached hydrogen (secondary N) is 1. The first-order valence-corrected chi connectivity index (χ1v) is 9.57. The summed E-state index contributed by atoms with van der Waals surface area (Å²) < 4.78 is 20.6. The van der Waals surface area contributed by atoms with Crippen LogP contribution >= 0.6 is 0 Å². The van der Waals surface area contributed by atoms with Gasteiger partial charge in [-0.25, -0.2) is 14.0 Å². The van der Waals surface area contributed by atoms with E-state index in [1.807, 2.05) is 4.90 Å². The average Bonchev–Trinajstić information content (AvgIpc) is 3.05. The number of aromatic amines is 1. The Bertz CT molecular complexity index is 885. The lowest BCUT2D eigenvalue weighted by atomic mass is 10.0. The maximum atomic E-state index is 14.0. The Morgan fingerprint density at radius 1 is 1.19 bits per heavy atom. The van der Waals surface area contributed by atoms with Crippen molar-refractivity contribution in [1.82, 2.24) is 19.4 Å². The number of methoxy groups -OCH3 is 1. The molecule has 0 aliphatic carbocycles. The minimum Gasteiger partial charge on any atom is -0.453 e. The normalized spacial score (nSPS) is 22.3. The third kappa shape index (κ3) is 3.22. The SMILES string of the molecule is COC(=O)N1CCCCC1N1CCC(n2c(=O)[nH]c3c(F)cccc32)CC1.